The predicted molar refractivity (Wildman–Crippen MR) is 91.6 cm³/mol. The maximum absolute atomic E-state index is 11.7. The van der Waals surface area contributed by atoms with Crippen LogP contribution in [0.15, 0.2) is 28.1 Å². The molecule has 0 spiro atoms. The maximum Gasteiger partial charge on any atom is 0.321 e. The van der Waals surface area contributed by atoms with Gasteiger partial charge in [0.2, 0.25) is 5.96 Å². The van der Waals surface area contributed by atoms with Gasteiger partial charge in [-0.05, 0) is 51.0 Å². The maximum atomic E-state index is 11.7. The number of aliphatic imine (C=N–C) groups is 1. The molecule has 0 radical (unpaired) electrons. The van der Waals surface area contributed by atoms with E-state index >= 15 is 0 Å². The Kier molecular flexibility index (Phi) is 5.76. The number of rotatable bonds is 3. The highest BCUT2D eigenvalue weighted by Gasteiger charge is 2.14. The van der Waals surface area contributed by atoms with Gasteiger partial charge in [-0.1, -0.05) is 6.92 Å². The van der Waals surface area contributed by atoms with Crippen LogP contribution >= 0.6 is 0 Å². The monoisotopic (exact) mass is 340 g/mol. The molecule has 23 heavy (non-hydrogen) atoms. The summed E-state index contributed by atoms with van der Waals surface area (Å²) < 4.78 is 23.2. The van der Waals surface area contributed by atoms with E-state index in [4.69, 9.17) is 5.73 Å². The van der Waals surface area contributed by atoms with E-state index in [-0.39, 0.29) is 10.9 Å². The summed E-state index contributed by atoms with van der Waals surface area (Å²) in [7, 11) is -3.28. The highest BCUT2D eigenvalue weighted by Crippen LogP contribution is 2.23. The third kappa shape index (κ3) is 6.27. The van der Waals surface area contributed by atoms with Gasteiger partial charge in [-0.25, -0.2) is 18.2 Å². The molecule has 0 atom stereocenters. The van der Waals surface area contributed by atoms with Crippen molar-refractivity contribution >= 4 is 27.5 Å². The third-order valence-corrected chi connectivity index (χ3v) is 3.94. The van der Waals surface area contributed by atoms with Gasteiger partial charge in [-0.15, -0.1) is 0 Å². The molecule has 128 valence electrons. The Labute approximate surface area is 137 Å². The quantitative estimate of drug-likeness (QED) is 0.574. The van der Waals surface area contributed by atoms with E-state index in [2.05, 4.69) is 15.6 Å². The molecular weight excluding hydrogens is 316 g/mol. The number of carbonyl (C=O) groups is 1. The Balaban J connectivity index is 3.01. The Morgan fingerprint density at radius 2 is 1.91 bits per heavy atom. The first-order chi connectivity index (χ1) is 10.4. The van der Waals surface area contributed by atoms with Gasteiger partial charge in [0.05, 0.1) is 10.6 Å². The summed E-state index contributed by atoms with van der Waals surface area (Å²) in [6, 6.07) is 4.15. The summed E-state index contributed by atoms with van der Waals surface area (Å²) in [4.78, 5) is 16.1. The molecule has 0 aromatic heterocycles. The van der Waals surface area contributed by atoms with Gasteiger partial charge in [0.25, 0.3) is 0 Å². The van der Waals surface area contributed by atoms with Crippen molar-refractivity contribution in [2.75, 3.05) is 6.26 Å². The first-order valence-corrected chi connectivity index (χ1v) is 9.08. The number of nitrogens with one attached hydrogen (secondary N) is 2. The van der Waals surface area contributed by atoms with E-state index in [0.717, 1.165) is 11.8 Å². The molecule has 0 fully saturated rings. The summed E-state index contributed by atoms with van der Waals surface area (Å²) >= 11 is 0. The molecule has 0 aliphatic carbocycles. The second kappa shape index (κ2) is 6.99. The van der Waals surface area contributed by atoms with Crippen LogP contribution < -0.4 is 16.4 Å². The lowest BCUT2D eigenvalue weighted by Crippen LogP contribution is -2.50. The summed E-state index contributed by atoms with van der Waals surface area (Å²) in [5, 5.41) is 5.14. The van der Waals surface area contributed by atoms with Crippen molar-refractivity contribution in [3.8, 4) is 0 Å². The van der Waals surface area contributed by atoms with Crippen LogP contribution in [0.25, 0.3) is 0 Å². The molecule has 0 heterocycles. The first kappa shape index (κ1) is 19.0. The second-order valence-electron chi connectivity index (χ2n) is 6.24. The van der Waals surface area contributed by atoms with E-state index in [1.54, 1.807) is 12.1 Å². The van der Waals surface area contributed by atoms with Crippen LogP contribution in [0.3, 0.4) is 0 Å². The van der Waals surface area contributed by atoms with Gasteiger partial charge in [-0.2, -0.15) is 0 Å². The van der Waals surface area contributed by atoms with E-state index < -0.39 is 21.4 Å². The van der Waals surface area contributed by atoms with Crippen molar-refractivity contribution in [3.63, 3.8) is 0 Å². The SMILES string of the molecule is CCc1cc(S(C)(=O)=O)ccc1N=C(N)NC(=O)NC(C)(C)C. The van der Waals surface area contributed by atoms with Crippen molar-refractivity contribution in [2.45, 2.75) is 44.6 Å². The van der Waals surface area contributed by atoms with E-state index in [1.165, 1.54) is 6.07 Å². The Hall–Kier alpha value is -2.09. The van der Waals surface area contributed by atoms with Crippen LogP contribution in [0.1, 0.15) is 33.3 Å². The number of aryl methyl sites for hydroxylation is 1. The first-order valence-electron chi connectivity index (χ1n) is 7.18. The van der Waals surface area contributed by atoms with E-state index in [0.29, 0.717) is 12.1 Å². The average Bonchev–Trinajstić information content (AvgIpc) is 2.35. The Bertz CT molecular complexity index is 719. The number of amides is 2. The van der Waals surface area contributed by atoms with Gasteiger partial charge in [0.1, 0.15) is 0 Å². The molecule has 0 aliphatic heterocycles. The van der Waals surface area contributed by atoms with Crippen LogP contribution in [-0.2, 0) is 16.3 Å². The fourth-order valence-electron chi connectivity index (χ4n) is 1.83. The molecule has 1 aromatic rings. The molecule has 8 heteroatoms. The van der Waals surface area contributed by atoms with Crippen LogP contribution in [0.2, 0.25) is 0 Å². The van der Waals surface area contributed by atoms with E-state index in [1.807, 2.05) is 27.7 Å². The van der Waals surface area contributed by atoms with Crippen LogP contribution in [0.5, 0.6) is 0 Å². The number of nitrogens with two attached hydrogens (primary N) is 1. The molecule has 0 bridgehead atoms. The summed E-state index contributed by atoms with van der Waals surface area (Å²) in [5.41, 5.74) is 6.59. The molecule has 1 aromatic carbocycles. The average molecular weight is 340 g/mol. The number of hydrogen-bond acceptors (Lipinski definition) is 4. The number of carbonyl (C=O) groups excluding carboxylic acids is 1. The lowest BCUT2D eigenvalue weighted by atomic mass is 10.1. The molecule has 0 aliphatic rings. The zero-order valence-corrected chi connectivity index (χ0v) is 14.9. The van der Waals surface area contributed by atoms with Crippen LogP contribution in [0, 0.1) is 0 Å². The van der Waals surface area contributed by atoms with Gasteiger partial charge >= 0.3 is 6.03 Å². The minimum Gasteiger partial charge on any atom is -0.369 e. The fourth-order valence-corrected chi connectivity index (χ4v) is 2.50. The van der Waals surface area contributed by atoms with Gasteiger partial charge in [0.15, 0.2) is 9.84 Å². The van der Waals surface area contributed by atoms with Gasteiger partial charge in [-0.3, -0.25) is 5.32 Å². The lowest BCUT2D eigenvalue weighted by Gasteiger charge is -2.20. The van der Waals surface area contributed by atoms with Crippen molar-refractivity contribution in [2.24, 2.45) is 10.7 Å². The molecule has 0 saturated heterocycles. The van der Waals surface area contributed by atoms with Crippen molar-refractivity contribution in [1.82, 2.24) is 10.6 Å². The molecule has 4 N–H and O–H groups in total. The van der Waals surface area contributed by atoms with Gasteiger partial charge in [0, 0.05) is 11.8 Å². The summed E-state index contributed by atoms with van der Waals surface area (Å²) in [6.07, 6.45) is 1.74. The summed E-state index contributed by atoms with van der Waals surface area (Å²) in [6.45, 7) is 7.42. The number of hydrogen-bond donors (Lipinski definition) is 3. The largest absolute Gasteiger partial charge is 0.369 e. The zero-order valence-electron chi connectivity index (χ0n) is 14.1. The molecule has 7 nitrogen and oxygen atoms in total. The number of guanidine groups is 1. The Morgan fingerprint density at radius 3 is 2.39 bits per heavy atom. The minimum absolute atomic E-state index is 0.0615. The van der Waals surface area contributed by atoms with Crippen molar-refractivity contribution in [3.05, 3.63) is 23.8 Å². The standard InChI is InChI=1S/C15H24N4O3S/c1-6-10-9-11(23(5,21)22)7-8-12(10)17-13(16)18-14(20)19-15(2,3)4/h7-9H,6H2,1-5H3,(H4,16,17,18,19,20). The smallest absolute Gasteiger partial charge is 0.321 e. The van der Waals surface area contributed by atoms with Crippen LogP contribution in [-0.4, -0.2) is 32.2 Å². The number of urea groups is 1. The highest BCUT2D eigenvalue weighted by molar-refractivity contribution is 7.90. The molecule has 2 amide bonds. The highest BCUT2D eigenvalue weighted by atomic mass is 32.2. The zero-order chi connectivity index (χ0) is 17.8. The normalized spacial score (nSPS) is 12.8. The number of nitrogens with zero attached hydrogens (tertiary/aromatic N) is 1. The minimum atomic E-state index is -3.28. The van der Waals surface area contributed by atoms with Crippen molar-refractivity contribution < 1.29 is 13.2 Å². The molecular formula is C15H24N4O3S. The topological polar surface area (TPSA) is 114 Å². The summed E-state index contributed by atoms with van der Waals surface area (Å²) in [5.74, 6) is -0.0615. The van der Waals surface area contributed by atoms with Gasteiger partial charge < -0.3 is 11.1 Å². The second-order valence-corrected chi connectivity index (χ2v) is 8.26. The lowest BCUT2D eigenvalue weighted by molar-refractivity contribution is 0.236. The van der Waals surface area contributed by atoms with Crippen LogP contribution in [0.4, 0.5) is 10.5 Å². The third-order valence-electron chi connectivity index (χ3n) is 2.83. The number of benzene rings is 1. The van der Waals surface area contributed by atoms with E-state index in [9.17, 15) is 13.2 Å². The predicted octanol–water partition coefficient (Wildman–Crippen LogP) is 1.70. The fraction of sp³-hybridized carbons (Fsp3) is 0.467. The molecule has 1 rings (SSSR count). The van der Waals surface area contributed by atoms with Crippen molar-refractivity contribution in [1.29, 1.82) is 0 Å². The molecule has 0 unspecified atom stereocenters. The Morgan fingerprint density at radius 1 is 1.30 bits per heavy atom. The molecule has 0 saturated carbocycles. The number of sulfone groups is 1.